The number of aromatic nitrogens is 3. The van der Waals surface area contributed by atoms with E-state index in [1.54, 1.807) is 42.5 Å². The zero-order valence-electron chi connectivity index (χ0n) is 25.0. The molecule has 1 aromatic heterocycles. The lowest BCUT2D eigenvalue weighted by atomic mass is 9.86. The predicted molar refractivity (Wildman–Crippen MR) is 165 cm³/mol. The molecule has 3 N–H and O–H groups in total. The molecule has 4 aromatic rings. The van der Waals surface area contributed by atoms with Crippen LogP contribution in [0.3, 0.4) is 0 Å². The largest absolute Gasteiger partial charge is 0.492 e. The van der Waals surface area contributed by atoms with Crippen LogP contribution < -0.4 is 24.8 Å². The molecule has 0 atom stereocenters. The normalized spacial score (nSPS) is 11.5. The molecular formula is C30H34N6O6S. The quantitative estimate of drug-likeness (QED) is 0.240. The van der Waals surface area contributed by atoms with E-state index >= 15 is 0 Å². The van der Waals surface area contributed by atoms with Crippen LogP contribution in [0.1, 0.15) is 47.8 Å². The number of hydrogen-bond acceptors (Lipinski definition) is 8. The molecule has 3 aromatic carbocycles. The highest BCUT2D eigenvalue weighted by molar-refractivity contribution is 7.92. The van der Waals surface area contributed by atoms with E-state index in [-0.39, 0.29) is 28.3 Å². The number of carbonyl (C=O) groups is 2. The van der Waals surface area contributed by atoms with Gasteiger partial charge in [0.25, 0.3) is 11.8 Å². The first kappa shape index (κ1) is 31.0. The zero-order valence-corrected chi connectivity index (χ0v) is 25.8. The van der Waals surface area contributed by atoms with Gasteiger partial charge in [-0.05, 0) is 66.3 Å². The Morgan fingerprint density at radius 3 is 2.26 bits per heavy atom. The first-order valence-electron chi connectivity index (χ1n) is 13.2. The van der Waals surface area contributed by atoms with E-state index in [4.69, 9.17) is 9.47 Å². The maximum absolute atomic E-state index is 13.5. The number of ether oxygens (including phenoxy) is 2. The molecule has 0 saturated heterocycles. The molecule has 43 heavy (non-hydrogen) atoms. The van der Waals surface area contributed by atoms with Gasteiger partial charge in [-0.25, -0.2) is 17.9 Å². The van der Waals surface area contributed by atoms with Gasteiger partial charge in [-0.3, -0.25) is 14.8 Å². The number of rotatable bonds is 8. The predicted octanol–water partition coefficient (Wildman–Crippen LogP) is 5.42. The fraction of sp³-hybridized carbons (Fsp3) is 0.267. The van der Waals surface area contributed by atoms with E-state index in [1.807, 2.05) is 46.8 Å². The van der Waals surface area contributed by atoms with Crippen LogP contribution in [0.4, 0.5) is 21.9 Å². The van der Waals surface area contributed by atoms with Gasteiger partial charge in [0.2, 0.25) is 10.0 Å². The van der Waals surface area contributed by atoms with Crippen LogP contribution in [-0.4, -0.2) is 48.8 Å². The van der Waals surface area contributed by atoms with Gasteiger partial charge >= 0.3 is 6.09 Å². The number of aryl methyl sites for hydroxylation is 2. The summed E-state index contributed by atoms with van der Waals surface area (Å²) in [4.78, 5) is 25.8. The molecule has 1 heterocycles. The number of para-hydroxylation sites is 1. The molecule has 0 bridgehead atoms. The summed E-state index contributed by atoms with van der Waals surface area (Å²) in [5, 5.41) is 13.5. The van der Waals surface area contributed by atoms with E-state index in [2.05, 4.69) is 25.7 Å². The van der Waals surface area contributed by atoms with Gasteiger partial charge in [0.15, 0.2) is 5.75 Å². The van der Waals surface area contributed by atoms with Crippen LogP contribution >= 0.6 is 0 Å². The van der Waals surface area contributed by atoms with E-state index in [0.717, 1.165) is 22.9 Å². The Labute approximate surface area is 250 Å². The molecular weight excluding hydrogens is 572 g/mol. The van der Waals surface area contributed by atoms with Crippen molar-refractivity contribution in [2.75, 3.05) is 28.7 Å². The lowest BCUT2D eigenvalue weighted by molar-refractivity contribution is 0.102. The van der Waals surface area contributed by atoms with Crippen LogP contribution in [0.15, 0.2) is 60.8 Å². The Balaban J connectivity index is 1.59. The van der Waals surface area contributed by atoms with Crippen molar-refractivity contribution in [3.8, 4) is 17.3 Å². The molecule has 0 aliphatic heterocycles. The molecule has 0 saturated carbocycles. The maximum atomic E-state index is 13.5. The smallest absolute Gasteiger partial charge is 0.418 e. The van der Waals surface area contributed by atoms with E-state index in [9.17, 15) is 18.0 Å². The summed E-state index contributed by atoms with van der Waals surface area (Å²) in [6.45, 7) is 9.61. The van der Waals surface area contributed by atoms with Crippen molar-refractivity contribution in [3.05, 3.63) is 83.0 Å². The SMILES string of the molecule is COc1c(NC(=O)c2ccc(C)c(-n3cc(OC(=O)Nc4ccccc4C)nn3)c2)cc(C(C)(C)C)cc1NS(C)(=O)=O. The fourth-order valence-corrected chi connectivity index (χ4v) is 4.75. The third-order valence-electron chi connectivity index (χ3n) is 6.47. The summed E-state index contributed by atoms with van der Waals surface area (Å²) < 4.78 is 38.8. The van der Waals surface area contributed by atoms with Crippen molar-refractivity contribution in [2.24, 2.45) is 0 Å². The fourth-order valence-electron chi connectivity index (χ4n) is 4.20. The van der Waals surface area contributed by atoms with Gasteiger partial charge in [0, 0.05) is 11.3 Å². The number of carbonyl (C=O) groups excluding carboxylic acids is 2. The Hall–Kier alpha value is -4.91. The van der Waals surface area contributed by atoms with Gasteiger partial charge in [0.05, 0.1) is 36.6 Å². The monoisotopic (exact) mass is 606 g/mol. The van der Waals surface area contributed by atoms with E-state index < -0.39 is 22.0 Å². The van der Waals surface area contributed by atoms with Crippen molar-refractivity contribution < 1.29 is 27.5 Å². The lowest BCUT2D eigenvalue weighted by Crippen LogP contribution is -2.18. The minimum atomic E-state index is -3.63. The third-order valence-corrected chi connectivity index (χ3v) is 7.06. The van der Waals surface area contributed by atoms with Crippen LogP contribution in [-0.2, 0) is 15.4 Å². The second-order valence-electron chi connectivity index (χ2n) is 11.0. The van der Waals surface area contributed by atoms with Crippen LogP contribution in [0.5, 0.6) is 11.6 Å². The summed E-state index contributed by atoms with van der Waals surface area (Å²) in [6, 6.07) is 15.7. The van der Waals surface area contributed by atoms with Crippen molar-refractivity contribution in [1.29, 1.82) is 0 Å². The topological polar surface area (TPSA) is 154 Å². The molecule has 13 heteroatoms. The number of amides is 2. The number of nitrogens with zero attached hydrogens (tertiary/aromatic N) is 3. The first-order chi connectivity index (χ1) is 20.1. The molecule has 4 rings (SSSR count). The molecule has 0 aliphatic carbocycles. The van der Waals surface area contributed by atoms with Gasteiger partial charge in [0.1, 0.15) is 0 Å². The standard InChI is InChI=1S/C30H34N6O6S/c1-18-10-8-9-11-22(18)32-29(38)42-26-17-36(35-33-26)25-14-20(13-12-19(25)2)28(37)31-23-15-21(30(3,4)5)16-24(27(23)41-6)34-43(7,39)40/h8-17,34H,1-7H3,(H,31,37)(H,32,38). The number of anilines is 3. The van der Waals surface area contributed by atoms with Crippen LogP contribution in [0, 0.1) is 13.8 Å². The summed E-state index contributed by atoms with van der Waals surface area (Å²) in [6.07, 6.45) is 1.75. The second-order valence-corrected chi connectivity index (χ2v) is 12.8. The molecule has 2 amide bonds. The Kier molecular flexibility index (Phi) is 8.76. The van der Waals surface area contributed by atoms with Gasteiger partial charge in [-0.1, -0.05) is 55.3 Å². The highest BCUT2D eigenvalue weighted by Gasteiger charge is 2.23. The number of hydrogen-bond donors (Lipinski definition) is 3. The highest BCUT2D eigenvalue weighted by atomic mass is 32.2. The summed E-state index contributed by atoms with van der Waals surface area (Å²) in [5.41, 5.74) is 4.01. The molecule has 0 fully saturated rings. The van der Waals surface area contributed by atoms with Crippen molar-refractivity contribution in [1.82, 2.24) is 15.0 Å². The minimum Gasteiger partial charge on any atom is -0.492 e. The van der Waals surface area contributed by atoms with E-state index in [1.165, 1.54) is 18.0 Å². The van der Waals surface area contributed by atoms with E-state index in [0.29, 0.717) is 17.1 Å². The number of benzene rings is 3. The van der Waals surface area contributed by atoms with Gasteiger partial charge < -0.3 is 14.8 Å². The molecule has 226 valence electrons. The lowest BCUT2D eigenvalue weighted by Gasteiger charge is -2.24. The van der Waals surface area contributed by atoms with Crippen LogP contribution in [0.25, 0.3) is 5.69 Å². The van der Waals surface area contributed by atoms with Crippen molar-refractivity contribution in [3.63, 3.8) is 0 Å². The number of sulfonamides is 1. The summed E-state index contributed by atoms with van der Waals surface area (Å²) in [5.74, 6) is -0.332. The van der Waals surface area contributed by atoms with Crippen LogP contribution in [0.2, 0.25) is 0 Å². The van der Waals surface area contributed by atoms with Gasteiger partial charge in [-0.2, -0.15) is 0 Å². The average Bonchev–Trinajstić information content (AvgIpc) is 3.36. The molecule has 0 unspecified atom stereocenters. The first-order valence-corrected chi connectivity index (χ1v) is 15.1. The van der Waals surface area contributed by atoms with Crippen molar-refractivity contribution in [2.45, 2.75) is 40.0 Å². The number of methoxy groups -OCH3 is 1. The Bertz CT molecular complexity index is 1790. The summed E-state index contributed by atoms with van der Waals surface area (Å²) in [7, 11) is -2.23. The Morgan fingerprint density at radius 1 is 0.907 bits per heavy atom. The molecule has 0 spiro atoms. The Morgan fingerprint density at radius 2 is 1.60 bits per heavy atom. The second kappa shape index (κ2) is 12.1. The molecule has 0 aliphatic rings. The highest BCUT2D eigenvalue weighted by Crippen LogP contribution is 2.39. The average molecular weight is 607 g/mol. The number of nitrogens with one attached hydrogen (secondary N) is 3. The molecule has 0 radical (unpaired) electrons. The summed E-state index contributed by atoms with van der Waals surface area (Å²) >= 11 is 0. The molecule has 12 nitrogen and oxygen atoms in total. The third kappa shape index (κ3) is 7.68. The zero-order chi connectivity index (χ0) is 31.5. The van der Waals surface area contributed by atoms with Gasteiger partial charge in [-0.15, -0.1) is 0 Å². The maximum Gasteiger partial charge on any atom is 0.418 e. The minimum absolute atomic E-state index is 0.0324. The van der Waals surface area contributed by atoms with Crippen molar-refractivity contribution >= 4 is 39.1 Å².